The maximum absolute atomic E-state index is 13.5. The monoisotopic (exact) mass is 286 g/mol. The number of hydrogen-bond acceptors (Lipinski definition) is 0. The van der Waals surface area contributed by atoms with Crippen molar-refractivity contribution in [2.24, 2.45) is 0 Å². The van der Waals surface area contributed by atoms with Crippen LogP contribution < -0.4 is 0 Å². The Morgan fingerprint density at radius 3 is 1.20 bits per heavy atom. The van der Waals surface area contributed by atoms with Crippen LogP contribution in [-0.4, -0.2) is 6.18 Å². The molecule has 0 aliphatic carbocycles. The Labute approximate surface area is 112 Å². The Morgan fingerprint density at radius 1 is 0.650 bits per heavy atom. The van der Waals surface area contributed by atoms with Gasteiger partial charge in [0.2, 0.25) is 0 Å². The topological polar surface area (TPSA) is 0 Å². The van der Waals surface area contributed by atoms with E-state index in [1.807, 2.05) is 0 Å². The summed E-state index contributed by atoms with van der Waals surface area (Å²) in [4.78, 5) is 0. The highest BCUT2D eigenvalue weighted by molar-refractivity contribution is 5.40. The predicted molar refractivity (Wildman–Crippen MR) is 65.3 cm³/mol. The SMILES string of the molecule is CC(c1ccc(F)cc1)(c1ccc(F)cc1)C(F)(F)F. The third kappa shape index (κ3) is 2.40. The van der Waals surface area contributed by atoms with Crippen LogP contribution in [0.4, 0.5) is 22.0 Å². The van der Waals surface area contributed by atoms with E-state index in [0.29, 0.717) is 0 Å². The van der Waals surface area contributed by atoms with E-state index >= 15 is 0 Å². The normalized spacial score (nSPS) is 12.5. The third-order valence-corrected chi connectivity index (χ3v) is 3.41. The zero-order valence-electron chi connectivity index (χ0n) is 10.5. The van der Waals surface area contributed by atoms with E-state index in [1.54, 1.807) is 0 Å². The quantitative estimate of drug-likeness (QED) is 0.693. The van der Waals surface area contributed by atoms with Crippen LogP contribution in [0.5, 0.6) is 0 Å². The van der Waals surface area contributed by atoms with Crippen molar-refractivity contribution in [3.63, 3.8) is 0 Å². The van der Waals surface area contributed by atoms with Gasteiger partial charge in [-0.1, -0.05) is 24.3 Å². The first-order valence-corrected chi connectivity index (χ1v) is 5.84. The van der Waals surface area contributed by atoms with Crippen LogP contribution in [0.1, 0.15) is 18.1 Å². The molecule has 0 fully saturated rings. The molecule has 0 radical (unpaired) electrons. The summed E-state index contributed by atoms with van der Waals surface area (Å²) in [6, 6.07) is 8.26. The van der Waals surface area contributed by atoms with E-state index in [0.717, 1.165) is 55.5 Å². The van der Waals surface area contributed by atoms with Gasteiger partial charge in [-0.3, -0.25) is 0 Å². The van der Waals surface area contributed by atoms with Gasteiger partial charge in [0.25, 0.3) is 0 Å². The molecule has 0 bridgehead atoms. The molecule has 2 aromatic rings. The lowest BCUT2D eigenvalue weighted by Crippen LogP contribution is -2.40. The Balaban J connectivity index is 2.62. The van der Waals surface area contributed by atoms with E-state index in [-0.39, 0.29) is 11.1 Å². The predicted octanol–water partition coefficient (Wildman–Crippen LogP) is 4.83. The molecule has 2 aromatic carbocycles. The molecule has 20 heavy (non-hydrogen) atoms. The first-order valence-electron chi connectivity index (χ1n) is 5.84. The molecule has 0 N–H and O–H groups in total. The highest BCUT2D eigenvalue weighted by Crippen LogP contribution is 2.45. The molecule has 0 saturated carbocycles. The Morgan fingerprint density at radius 2 is 0.950 bits per heavy atom. The minimum Gasteiger partial charge on any atom is -0.207 e. The van der Waals surface area contributed by atoms with Gasteiger partial charge in [0, 0.05) is 0 Å². The van der Waals surface area contributed by atoms with Crippen LogP contribution in [0.3, 0.4) is 0 Å². The second-order valence-corrected chi connectivity index (χ2v) is 4.64. The summed E-state index contributed by atoms with van der Waals surface area (Å²) in [6.07, 6.45) is -4.59. The number of halogens is 5. The summed E-state index contributed by atoms with van der Waals surface area (Å²) in [6.45, 7) is 0.994. The number of alkyl halides is 3. The fraction of sp³-hybridized carbons (Fsp3) is 0.200. The molecule has 106 valence electrons. The molecular formula is C15H11F5. The van der Waals surface area contributed by atoms with E-state index < -0.39 is 23.2 Å². The summed E-state index contributed by atoms with van der Waals surface area (Å²) in [5, 5.41) is 0. The van der Waals surface area contributed by atoms with Crippen molar-refractivity contribution in [2.75, 3.05) is 0 Å². The van der Waals surface area contributed by atoms with E-state index in [2.05, 4.69) is 0 Å². The lowest BCUT2D eigenvalue weighted by atomic mass is 9.75. The minimum absolute atomic E-state index is 0.0991. The number of benzene rings is 2. The Kier molecular flexibility index (Phi) is 3.54. The average molecular weight is 286 g/mol. The summed E-state index contributed by atoms with van der Waals surface area (Å²) in [5.41, 5.74) is -2.52. The smallest absolute Gasteiger partial charge is 0.207 e. The largest absolute Gasteiger partial charge is 0.402 e. The number of hydrogen-bond donors (Lipinski definition) is 0. The van der Waals surface area contributed by atoms with Gasteiger partial charge < -0.3 is 0 Å². The van der Waals surface area contributed by atoms with Gasteiger partial charge >= 0.3 is 6.18 Å². The second kappa shape index (κ2) is 4.89. The zero-order chi connectivity index (χ0) is 15.0. The van der Waals surface area contributed by atoms with Crippen molar-refractivity contribution in [2.45, 2.75) is 18.5 Å². The zero-order valence-corrected chi connectivity index (χ0v) is 10.5. The molecule has 0 atom stereocenters. The van der Waals surface area contributed by atoms with Gasteiger partial charge in [0.1, 0.15) is 17.0 Å². The molecule has 0 amide bonds. The highest BCUT2D eigenvalue weighted by atomic mass is 19.4. The van der Waals surface area contributed by atoms with Crippen molar-refractivity contribution >= 4 is 0 Å². The van der Waals surface area contributed by atoms with Crippen LogP contribution in [0.15, 0.2) is 48.5 Å². The fourth-order valence-electron chi connectivity index (χ4n) is 2.06. The van der Waals surface area contributed by atoms with Gasteiger partial charge in [-0.2, -0.15) is 13.2 Å². The van der Waals surface area contributed by atoms with Gasteiger partial charge in [-0.15, -0.1) is 0 Å². The minimum atomic E-state index is -4.59. The molecule has 2 rings (SSSR count). The fourth-order valence-corrected chi connectivity index (χ4v) is 2.06. The standard InChI is InChI=1S/C15H11F5/c1-14(15(18,19)20,10-2-6-12(16)7-3-10)11-4-8-13(17)9-5-11/h2-9H,1H3. The molecule has 0 spiro atoms. The molecule has 0 aromatic heterocycles. The molecule has 0 unspecified atom stereocenters. The maximum Gasteiger partial charge on any atom is 0.402 e. The maximum atomic E-state index is 13.5. The van der Waals surface area contributed by atoms with Crippen molar-refractivity contribution in [1.29, 1.82) is 0 Å². The summed E-state index contributed by atoms with van der Waals surface area (Å²) < 4.78 is 66.3. The summed E-state index contributed by atoms with van der Waals surface area (Å²) in [7, 11) is 0. The van der Waals surface area contributed by atoms with Gasteiger partial charge in [-0.25, -0.2) is 8.78 Å². The van der Waals surface area contributed by atoms with Crippen LogP contribution >= 0.6 is 0 Å². The van der Waals surface area contributed by atoms with E-state index in [1.165, 1.54) is 0 Å². The first kappa shape index (κ1) is 14.5. The summed E-state index contributed by atoms with van der Waals surface area (Å²) >= 11 is 0. The average Bonchev–Trinajstić information content (AvgIpc) is 2.38. The van der Waals surface area contributed by atoms with Gasteiger partial charge in [-0.05, 0) is 42.3 Å². The number of rotatable bonds is 2. The first-order chi connectivity index (χ1) is 9.25. The molecule has 0 nitrogen and oxygen atoms in total. The molecule has 0 saturated heterocycles. The summed E-state index contributed by atoms with van der Waals surface area (Å²) in [5.74, 6) is -1.23. The van der Waals surface area contributed by atoms with Crippen LogP contribution in [-0.2, 0) is 5.41 Å². The van der Waals surface area contributed by atoms with E-state index in [9.17, 15) is 22.0 Å². The van der Waals surface area contributed by atoms with Gasteiger partial charge in [0.05, 0.1) is 0 Å². The van der Waals surface area contributed by atoms with Gasteiger partial charge in [0.15, 0.2) is 0 Å². The van der Waals surface area contributed by atoms with E-state index in [4.69, 9.17) is 0 Å². The highest BCUT2D eigenvalue weighted by Gasteiger charge is 2.53. The second-order valence-electron chi connectivity index (χ2n) is 4.64. The molecule has 0 aliphatic rings. The van der Waals surface area contributed by atoms with Crippen LogP contribution in [0.25, 0.3) is 0 Å². The van der Waals surface area contributed by atoms with Crippen LogP contribution in [0.2, 0.25) is 0 Å². The Bertz CT molecular complexity index is 536. The molecule has 0 aliphatic heterocycles. The van der Waals surface area contributed by atoms with Crippen molar-refractivity contribution in [1.82, 2.24) is 0 Å². The Hall–Kier alpha value is -1.91. The lowest BCUT2D eigenvalue weighted by Gasteiger charge is -2.33. The molecule has 0 heterocycles. The van der Waals surface area contributed by atoms with Crippen molar-refractivity contribution in [3.05, 3.63) is 71.3 Å². The van der Waals surface area contributed by atoms with Crippen molar-refractivity contribution < 1.29 is 22.0 Å². The van der Waals surface area contributed by atoms with Crippen LogP contribution in [0, 0.1) is 11.6 Å². The molecule has 5 heteroatoms. The lowest BCUT2D eigenvalue weighted by molar-refractivity contribution is -0.173. The van der Waals surface area contributed by atoms with Crippen molar-refractivity contribution in [3.8, 4) is 0 Å². The third-order valence-electron chi connectivity index (χ3n) is 3.41. The molecular weight excluding hydrogens is 275 g/mol.